The predicted molar refractivity (Wildman–Crippen MR) is 64.4 cm³/mol. The molecule has 0 atom stereocenters. The molecular weight excluding hydrogens is 186 g/mol. The monoisotopic (exact) mass is 207 g/mol. The average molecular weight is 207 g/mol. The molecule has 0 unspecified atom stereocenters. The number of aryl methyl sites for hydroxylation is 2. The van der Waals surface area contributed by atoms with Crippen molar-refractivity contribution in [2.24, 2.45) is 0 Å². The van der Waals surface area contributed by atoms with E-state index in [0.717, 1.165) is 12.3 Å². The van der Waals surface area contributed by atoms with Crippen LogP contribution in [0.1, 0.15) is 30.5 Å². The summed E-state index contributed by atoms with van der Waals surface area (Å²) in [7, 11) is 1.97. The quantitative estimate of drug-likeness (QED) is 0.819. The third-order valence-corrected chi connectivity index (χ3v) is 2.39. The molecule has 1 rings (SSSR count). The topological polar surface area (TPSA) is 21.3 Å². The first-order valence-corrected chi connectivity index (χ1v) is 5.46. The number of rotatable bonds is 4. The maximum absolute atomic E-state index is 5.69. The molecule has 0 aliphatic rings. The number of hydrogen-bond acceptors (Lipinski definition) is 2. The molecule has 0 saturated heterocycles. The van der Waals surface area contributed by atoms with E-state index < -0.39 is 0 Å². The van der Waals surface area contributed by atoms with Crippen molar-refractivity contribution in [3.63, 3.8) is 0 Å². The Kier molecular flexibility index (Phi) is 4.15. The Hall–Kier alpha value is -1.02. The van der Waals surface area contributed by atoms with Gasteiger partial charge in [0.15, 0.2) is 0 Å². The number of benzene rings is 1. The highest BCUT2D eigenvalue weighted by molar-refractivity contribution is 5.41. The smallest absolute Gasteiger partial charge is 0.120 e. The van der Waals surface area contributed by atoms with E-state index in [1.807, 2.05) is 20.9 Å². The number of nitrogens with one attached hydrogen (secondary N) is 1. The SMILES string of the molecule is CNCc1c(C)cc(OC(C)C)cc1C. The lowest BCUT2D eigenvalue weighted by molar-refractivity contribution is 0.242. The van der Waals surface area contributed by atoms with Crippen LogP contribution in [0.25, 0.3) is 0 Å². The van der Waals surface area contributed by atoms with Gasteiger partial charge in [0, 0.05) is 6.54 Å². The minimum absolute atomic E-state index is 0.235. The van der Waals surface area contributed by atoms with Crippen LogP contribution in [0.4, 0.5) is 0 Å². The molecule has 2 nitrogen and oxygen atoms in total. The van der Waals surface area contributed by atoms with Gasteiger partial charge < -0.3 is 10.1 Å². The molecule has 1 aromatic rings. The lowest BCUT2D eigenvalue weighted by Crippen LogP contribution is -2.10. The molecule has 0 radical (unpaired) electrons. The average Bonchev–Trinajstić information content (AvgIpc) is 2.10. The molecule has 0 aromatic heterocycles. The van der Waals surface area contributed by atoms with Gasteiger partial charge in [-0.05, 0) is 63.6 Å². The molecular formula is C13H21NO. The Morgan fingerprint density at radius 1 is 1.20 bits per heavy atom. The highest BCUT2D eigenvalue weighted by atomic mass is 16.5. The normalized spacial score (nSPS) is 10.8. The molecule has 15 heavy (non-hydrogen) atoms. The van der Waals surface area contributed by atoms with Gasteiger partial charge in [0.25, 0.3) is 0 Å². The largest absolute Gasteiger partial charge is 0.491 e. The second-order valence-electron chi connectivity index (χ2n) is 4.23. The highest BCUT2D eigenvalue weighted by Gasteiger charge is 2.06. The Balaban J connectivity index is 2.97. The summed E-state index contributed by atoms with van der Waals surface area (Å²) in [5.41, 5.74) is 3.95. The highest BCUT2D eigenvalue weighted by Crippen LogP contribution is 2.22. The second-order valence-corrected chi connectivity index (χ2v) is 4.23. The van der Waals surface area contributed by atoms with Gasteiger partial charge in [-0.25, -0.2) is 0 Å². The summed E-state index contributed by atoms with van der Waals surface area (Å²) in [6.07, 6.45) is 0.235. The zero-order chi connectivity index (χ0) is 11.4. The Morgan fingerprint density at radius 3 is 2.13 bits per heavy atom. The molecule has 0 fully saturated rings. The maximum atomic E-state index is 5.69. The van der Waals surface area contributed by atoms with Crippen LogP contribution in [0, 0.1) is 13.8 Å². The molecule has 1 aromatic carbocycles. The third-order valence-electron chi connectivity index (χ3n) is 2.39. The summed E-state index contributed by atoms with van der Waals surface area (Å²) in [4.78, 5) is 0. The standard InChI is InChI=1S/C13H21NO/c1-9(2)15-12-6-10(3)13(8-14-5)11(4)7-12/h6-7,9,14H,8H2,1-5H3. The molecule has 0 spiro atoms. The first kappa shape index (κ1) is 12.1. The van der Waals surface area contributed by atoms with Gasteiger partial charge in [-0.2, -0.15) is 0 Å². The molecule has 0 amide bonds. The van der Waals surface area contributed by atoms with Gasteiger partial charge in [-0.1, -0.05) is 0 Å². The molecule has 0 bridgehead atoms. The van der Waals surface area contributed by atoms with Crippen LogP contribution in [0.5, 0.6) is 5.75 Å². The first-order valence-electron chi connectivity index (χ1n) is 5.46. The van der Waals surface area contributed by atoms with Crippen molar-refractivity contribution in [2.75, 3.05) is 7.05 Å². The van der Waals surface area contributed by atoms with Crippen LogP contribution >= 0.6 is 0 Å². The molecule has 2 heteroatoms. The number of hydrogen-bond donors (Lipinski definition) is 1. The summed E-state index contributed by atoms with van der Waals surface area (Å²) in [5.74, 6) is 0.972. The molecule has 0 aliphatic heterocycles. The third kappa shape index (κ3) is 3.24. The zero-order valence-electron chi connectivity index (χ0n) is 10.3. The van der Waals surface area contributed by atoms with E-state index >= 15 is 0 Å². The van der Waals surface area contributed by atoms with Gasteiger partial charge in [0.2, 0.25) is 0 Å². The van der Waals surface area contributed by atoms with Crippen LogP contribution in [0.15, 0.2) is 12.1 Å². The van der Waals surface area contributed by atoms with Crippen molar-refractivity contribution < 1.29 is 4.74 Å². The van der Waals surface area contributed by atoms with Gasteiger partial charge in [0.05, 0.1) is 6.10 Å². The maximum Gasteiger partial charge on any atom is 0.120 e. The molecule has 84 valence electrons. The van der Waals surface area contributed by atoms with E-state index in [1.165, 1.54) is 16.7 Å². The van der Waals surface area contributed by atoms with E-state index in [1.54, 1.807) is 0 Å². The van der Waals surface area contributed by atoms with Crippen molar-refractivity contribution in [3.05, 3.63) is 28.8 Å². The Bertz CT molecular complexity index is 308. The molecule has 0 heterocycles. The van der Waals surface area contributed by atoms with E-state index in [9.17, 15) is 0 Å². The van der Waals surface area contributed by atoms with Crippen LogP contribution in [0.2, 0.25) is 0 Å². The zero-order valence-corrected chi connectivity index (χ0v) is 10.3. The van der Waals surface area contributed by atoms with Crippen LogP contribution < -0.4 is 10.1 Å². The van der Waals surface area contributed by atoms with Crippen LogP contribution in [-0.2, 0) is 6.54 Å². The number of ether oxygens (including phenoxy) is 1. The minimum Gasteiger partial charge on any atom is -0.491 e. The van der Waals surface area contributed by atoms with Crippen molar-refractivity contribution >= 4 is 0 Å². The fourth-order valence-electron chi connectivity index (χ4n) is 1.75. The van der Waals surface area contributed by atoms with Crippen molar-refractivity contribution in [2.45, 2.75) is 40.3 Å². The van der Waals surface area contributed by atoms with Crippen molar-refractivity contribution in [1.29, 1.82) is 0 Å². The van der Waals surface area contributed by atoms with Crippen LogP contribution in [-0.4, -0.2) is 13.2 Å². The van der Waals surface area contributed by atoms with E-state index in [2.05, 4.69) is 31.3 Å². The lowest BCUT2D eigenvalue weighted by atomic mass is 10.0. The summed E-state index contributed by atoms with van der Waals surface area (Å²) < 4.78 is 5.69. The van der Waals surface area contributed by atoms with Crippen molar-refractivity contribution in [3.8, 4) is 5.75 Å². The molecule has 0 saturated carbocycles. The molecule has 1 N–H and O–H groups in total. The van der Waals surface area contributed by atoms with Gasteiger partial charge >= 0.3 is 0 Å². The summed E-state index contributed by atoms with van der Waals surface area (Å²) in [6, 6.07) is 4.22. The van der Waals surface area contributed by atoms with E-state index in [-0.39, 0.29) is 6.10 Å². The minimum atomic E-state index is 0.235. The van der Waals surface area contributed by atoms with Crippen molar-refractivity contribution in [1.82, 2.24) is 5.32 Å². The Labute approximate surface area is 92.6 Å². The predicted octanol–water partition coefficient (Wildman–Crippen LogP) is 2.81. The van der Waals surface area contributed by atoms with Gasteiger partial charge in [0.1, 0.15) is 5.75 Å². The molecule has 0 aliphatic carbocycles. The van der Waals surface area contributed by atoms with E-state index in [0.29, 0.717) is 0 Å². The summed E-state index contributed by atoms with van der Waals surface area (Å²) in [6.45, 7) is 9.28. The summed E-state index contributed by atoms with van der Waals surface area (Å²) in [5, 5.41) is 3.19. The van der Waals surface area contributed by atoms with E-state index in [4.69, 9.17) is 4.74 Å². The van der Waals surface area contributed by atoms with Gasteiger partial charge in [-0.3, -0.25) is 0 Å². The fourth-order valence-corrected chi connectivity index (χ4v) is 1.75. The van der Waals surface area contributed by atoms with Gasteiger partial charge in [-0.15, -0.1) is 0 Å². The first-order chi connectivity index (χ1) is 7.04. The summed E-state index contributed by atoms with van der Waals surface area (Å²) >= 11 is 0. The van der Waals surface area contributed by atoms with Crippen LogP contribution in [0.3, 0.4) is 0 Å². The Morgan fingerprint density at radius 2 is 1.73 bits per heavy atom. The lowest BCUT2D eigenvalue weighted by Gasteiger charge is -2.15. The fraction of sp³-hybridized carbons (Fsp3) is 0.538. The second kappa shape index (κ2) is 5.17.